The van der Waals surface area contributed by atoms with Gasteiger partial charge >= 0.3 is 12.0 Å². The van der Waals surface area contributed by atoms with Gasteiger partial charge in [-0.3, -0.25) is 4.90 Å². The maximum atomic E-state index is 12.7. The molecule has 1 heterocycles. The minimum Gasteiger partial charge on any atom is -0.460 e. The summed E-state index contributed by atoms with van der Waals surface area (Å²) < 4.78 is 11.2. The molecule has 0 bridgehead atoms. The fourth-order valence-corrected chi connectivity index (χ4v) is 3.26. The fraction of sp³-hybridized carbons (Fsp3) is 0.444. The highest BCUT2D eigenvalue weighted by atomic mass is 79.9. The summed E-state index contributed by atoms with van der Waals surface area (Å²) in [4.78, 5) is 27.0. The lowest BCUT2D eigenvalue weighted by Gasteiger charge is -2.35. The molecule has 1 aromatic carbocycles. The van der Waals surface area contributed by atoms with E-state index in [1.165, 1.54) is 0 Å². The smallest absolute Gasteiger partial charge is 0.338 e. The fourth-order valence-electron chi connectivity index (χ4n) is 2.99. The van der Waals surface area contributed by atoms with Gasteiger partial charge in [0.1, 0.15) is 6.61 Å². The summed E-state index contributed by atoms with van der Waals surface area (Å²) >= 11 is 3.40. The molecule has 134 valence electrons. The Balaban J connectivity index is 1.95. The van der Waals surface area contributed by atoms with Crippen LogP contribution in [0.1, 0.15) is 31.4 Å². The Morgan fingerprint density at radius 2 is 1.96 bits per heavy atom. The molecule has 1 fully saturated rings. The van der Waals surface area contributed by atoms with Crippen LogP contribution in [0.5, 0.6) is 0 Å². The Labute approximate surface area is 155 Å². The summed E-state index contributed by atoms with van der Waals surface area (Å²) in [5.41, 5.74) is 1.98. The van der Waals surface area contributed by atoms with Gasteiger partial charge in [0.15, 0.2) is 0 Å². The maximum Gasteiger partial charge on any atom is 0.338 e. The SMILES string of the molecule is COCCOC(=O)C1=C(C)N(C2CC2)C(=O)N[C@@H]1c1ccc(Br)cc1. The molecule has 1 aromatic rings. The molecule has 2 aliphatic rings. The van der Waals surface area contributed by atoms with Crippen molar-refractivity contribution in [3.8, 4) is 0 Å². The van der Waals surface area contributed by atoms with Gasteiger partial charge in [0.05, 0.1) is 18.2 Å². The number of carbonyl (C=O) groups excluding carboxylic acids is 2. The third-order valence-electron chi connectivity index (χ3n) is 4.38. The van der Waals surface area contributed by atoms with E-state index in [9.17, 15) is 9.59 Å². The summed E-state index contributed by atoms with van der Waals surface area (Å²) in [6, 6.07) is 7.03. The Hall–Kier alpha value is -1.86. The predicted octanol–water partition coefficient (Wildman–Crippen LogP) is 3.14. The van der Waals surface area contributed by atoms with Gasteiger partial charge in [-0.05, 0) is 37.5 Å². The molecule has 7 heteroatoms. The summed E-state index contributed by atoms with van der Waals surface area (Å²) in [5.74, 6) is -0.423. The zero-order valence-electron chi connectivity index (χ0n) is 14.3. The van der Waals surface area contributed by atoms with Gasteiger partial charge in [-0.15, -0.1) is 0 Å². The van der Waals surface area contributed by atoms with Crippen molar-refractivity contribution in [1.82, 2.24) is 10.2 Å². The molecule has 0 unspecified atom stereocenters. The van der Waals surface area contributed by atoms with E-state index in [0.717, 1.165) is 22.9 Å². The lowest BCUT2D eigenvalue weighted by Crippen LogP contribution is -2.48. The molecule has 1 saturated carbocycles. The van der Waals surface area contributed by atoms with Crippen LogP contribution in [0.25, 0.3) is 0 Å². The van der Waals surface area contributed by atoms with Crippen molar-refractivity contribution in [2.24, 2.45) is 0 Å². The van der Waals surface area contributed by atoms with Crippen LogP contribution < -0.4 is 5.32 Å². The van der Waals surface area contributed by atoms with E-state index in [4.69, 9.17) is 9.47 Å². The lowest BCUT2D eigenvalue weighted by molar-refractivity contribution is -0.140. The van der Waals surface area contributed by atoms with E-state index in [-0.39, 0.29) is 18.7 Å². The number of hydrogen-bond donors (Lipinski definition) is 1. The zero-order chi connectivity index (χ0) is 18.0. The molecule has 6 nitrogen and oxygen atoms in total. The number of amides is 2. The van der Waals surface area contributed by atoms with Gasteiger partial charge < -0.3 is 14.8 Å². The quantitative estimate of drug-likeness (QED) is 0.579. The molecule has 1 aliphatic heterocycles. The van der Waals surface area contributed by atoms with Crippen LogP contribution in [0.15, 0.2) is 40.0 Å². The minimum absolute atomic E-state index is 0.165. The van der Waals surface area contributed by atoms with Gasteiger partial charge in [0.2, 0.25) is 0 Å². The second-order valence-corrected chi connectivity index (χ2v) is 7.08. The largest absolute Gasteiger partial charge is 0.460 e. The molecular formula is C18H21BrN2O4. The Bertz CT molecular complexity index is 698. The number of hydrogen-bond acceptors (Lipinski definition) is 4. The first-order valence-electron chi connectivity index (χ1n) is 8.25. The van der Waals surface area contributed by atoms with Crippen LogP contribution in [0.3, 0.4) is 0 Å². The number of allylic oxidation sites excluding steroid dienone is 1. The molecule has 1 atom stereocenters. The minimum atomic E-state index is -0.523. The monoisotopic (exact) mass is 408 g/mol. The number of nitrogens with zero attached hydrogens (tertiary/aromatic N) is 1. The summed E-state index contributed by atoms with van der Waals surface area (Å²) in [7, 11) is 1.55. The first-order chi connectivity index (χ1) is 12.0. The van der Waals surface area contributed by atoms with Gasteiger partial charge in [0, 0.05) is 23.3 Å². The van der Waals surface area contributed by atoms with E-state index in [2.05, 4.69) is 21.2 Å². The highest BCUT2D eigenvalue weighted by Crippen LogP contribution is 2.38. The van der Waals surface area contributed by atoms with Gasteiger partial charge in [-0.1, -0.05) is 28.1 Å². The summed E-state index contributed by atoms with van der Waals surface area (Å²) in [6.07, 6.45) is 1.92. The number of benzene rings is 1. The first-order valence-corrected chi connectivity index (χ1v) is 9.04. The number of urea groups is 1. The molecule has 0 saturated heterocycles. The second kappa shape index (κ2) is 7.58. The molecule has 0 radical (unpaired) electrons. The third kappa shape index (κ3) is 3.88. The van der Waals surface area contributed by atoms with Crippen LogP contribution in [0.2, 0.25) is 0 Å². The number of rotatable bonds is 6. The van der Waals surface area contributed by atoms with Crippen molar-refractivity contribution in [2.45, 2.75) is 31.8 Å². The zero-order valence-corrected chi connectivity index (χ0v) is 15.8. The number of nitrogens with one attached hydrogen (secondary N) is 1. The summed E-state index contributed by atoms with van der Waals surface area (Å²) in [5, 5.41) is 2.96. The molecule has 3 rings (SSSR count). The first kappa shape index (κ1) is 17.9. The van der Waals surface area contributed by atoms with Crippen LogP contribution in [-0.4, -0.2) is 43.3 Å². The molecule has 1 N–H and O–H groups in total. The van der Waals surface area contributed by atoms with E-state index in [1.807, 2.05) is 31.2 Å². The van der Waals surface area contributed by atoms with E-state index in [1.54, 1.807) is 12.0 Å². The second-order valence-electron chi connectivity index (χ2n) is 6.16. The Morgan fingerprint density at radius 3 is 2.56 bits per heavy atom. The van der Waals surface area contributed by atoms with Crippen molar-refractivity contribution in [3.63, 3.8) is 0 Å². The standard InChI is InChI=1S/C18H21BrN2O4/c1-11-15(17(22)25-10-9-24-2)16(12-3-5-13(19)6-4-12)20-18(23)21(11)14-7-8-14/h3-6,14,16H,7-10H2,1-2H3,(H,20,23)/t16-/m1/s1. The molecule has 25 heavy (non-hydrogen) atoms. The van der Waals surface area contributed by atoms with Crippen LogP contribution in [-0.2, 0) is 14.3 Å². The van der Waals surface area contributed by atoms with E-state index >= 15 is 0 Å². The average molecular weight is 409 g/mol. The number of halogens is 1. The van der Waals surface area contributed by atoms with E-state index < -0.39 is 12.0 Å². The van der Waals surface area contributed by atoms with Crippen molar-refractivity contribution >= 4 is 27.9 Å². The number of methoxy groups -OCH3 is 1. The molecule has 0 aromatic heterocycles. The van der Waals surface area contributed by atoms with Gasteiger partial charge in [0.25, 0.3) is 0 Å². The normalized spacial score (nSPS) is 20.5. The number of esters is 1. The van der Waals surface area contributed by atoms with Crippen molar-refractivity contribution in [3.05, 3.63) is 45.6 Å². The van der Waals surface area contributed by atoms with Crippen LogP contribution in [0.4, 0.5) is 4.79 Å². The molecule has 0 spiro atoms. The third-order valence-corrected chi connectivity index (χ3v) is 4.91. The van der Waals surface area contributed by atoms with Crippen LogP contribution >= 0.6 is 15.9 Å². The maximum absolute atomic E-state index is 12.7. The Morgan fingerprint density at radius 1 is 1.28 bits per heavy atom. The Kier molecular flexibility index (Phi) is 5.44. The highest BCUT2D eigenvalue weighted by molar-refractivity contribution is 9.10. The molecule has 1 aliphatic carbocycles. The molecular weight excluding hydrogens is 388 g/mol. The predicted molar refractivity (Wildman–Crippen MR) is 95.8 cm³/mol. The summed E-state index contributed by atoms with van der Waals surface area (Å²) in [6.45, 7) is 2.33. The highest BCUT2D eigenvalue weighted by Gasteiger charge is 2.42. The van der Waals surface area contributed by atoms with Gasteiger partial charge in [-0.25, -0.2) is 9.59 Å². The number of ether oxygens (including phenoxy) is 2. The number of carbonyl (C=O) groups is 2. The van der Waals surface area contributed by atoms with Crippen molar-refractivity contribution in [2.75, 3.05) is 20.3 Å². The lowest BCUT2D eigenvalue weighted by atomic mass is 9.95. The van der Waals surface area contributed by atoms with Crippen molar-refractivity contribution < 1.29 is 19.1 Å². The topological polar surface area (TPSA) is 67.9 Å². The van der Waals surface area contributed by atoms with E-state index in [0.29, 0.717) is 17.9 Å². The average Bonchev–Trinajstić information content (AvgIpc) is 3.40. The van der Waals surface area contributed by atoms with Crippen LogP contribution in [0, 0.1) is 0 Å². The van der Waals surface area contributed by atoms with Crippen molar-refractivity contribution in [1.29, 1.82) is 0 Å². The molecule has 2 amide bonds. The van der Waals surface area contributed by atoms with Gasteiger partial charge in [-0.2, -0.15) is 0 Å².